The van der Waals surface area contributed by atoms with Crippen LogP contribution in [0.3, 0.4) is 0 Å². The molecular formula is C23H21FN2O4S. The predicted octanol–water partition coefficient (Wildman–Crippen LogP) is 4.91. The molecule has 8 heteroatoms. The average molecular weight is 440 g/mol. The largest absolute Gasteiger partial charge is 0.456 e. The van der Waals surface area contributed by atoms with Crippen LogP contribution < -0.4 is 9.62 Å². The maximum atomic E-state index is 13.3. The summed E-state index contributed by atoms with van der Waals surface area (Å²) in [4.78, 5) is 13.1. The maximum Gasteiger partial charge on any atom is 0.248 e. The van der Waals surface area contributed by atoms with Crippen LogP contribution in [-0.4, -0.2) is 26.6 Å². The van der Waals surface area contributed by atoms with Gasteiger partial charge in [0.25, 0.3) is 0 Å². The van der Waals surface area contributed by atoms with E-state index in [9.17, 15) is 17.6 Å². The second-order valence-corrected chi connectivity index (χ2v) is 9.12. The van der Waals surface area contributed by atoms with Crippen molar-refractivity contribution in [1.29, 1.82) is 0 Å². The zero-order chi connectivity index (χ0) is 22.2. The van der Waals surface area contributed by atoms with Gasteiger partial charge in [-0.2, -0.15) is 0 Å². The molecule has 0 spiro atoms. The maximum absolute atomic E-state index is 13.3. The van der Waals surface area contributed by atoms with Crippen molar-refractivity contribution in [2.75, 3.05) is 15.9 Å². The molecule has 4 aromatic rings. The minimum atomic E-state index is -3.80. The highest BCUT2D eigenvalue weighted by molar-refractivity contribution is 7.92. The normalized spacial score (nSPS) is 12.7. The highest BCUT2D eigenvalue weighted by Crippen LogP contribution is 2.31. The van der Waals surface area contributed by atoms with E-state index in [-0.39, 0.29) is 12.1 Å². The van der Waals surface area contributed by atoms with Crippen LogP contribution >= 0.6 is 0 Å². The monoisotopic (exact) mass is 440 g/mol. The first-order valence-corrected chi connectivity index (χ1v) is 11.6. The number of fused-ring (bicyclic) bond motifs is 3. The number of para-hydroxylation sites is 1. The summed E-state index contributed by atoms with van der Waals surface area (Å²) < 4.78 is 45.2. The number of halogens is 1. The second-order valence-electron chi connectivity index (χ2n) is 7.26. The number of hydrogen-bond acceptors (Lipinski definition) is 4. The number of nitrogens with one attached hydrogen (secondary N) is 1. The van der Waals surface area contributed by atoms with E-state index >= 15 is 0 Å². The predicted molar refractivity (Wildman–Crippen MR) is 120 cm³/mol. The minimum Gasteiger partial charge on any atom is -0.456 e. The summed E-state index contributed by atoms with van der Waals surface area (Å²) in [5.41, 5.74) is 2.07. The Morgan fingerprint density at radius 3 is 2.39 bits per heavy atom. The molecule has 6 nitrogen and oxygen atoms in total. The molecule has 160 valence electrons. The van der Waals surface area contributed by atoms with Crippen LogP contribution in [0.25, 0.3) is 21.9 Å². The standard InChI is InChI=1S/C23H21FN2O4S/c1-3-20(26(31(2,28)29)17-11-8-15(24)9-12-17)23(27)25-16-10-13-19-18-6-4-5-7-21(18)30-22(19)14-16/h4-14,20H,3H2,1-2H3,(H,25,27). The highest BCUT2D eigenvalue weighted by atomic mass is 32.2. The Hall–Kier alpha value is -3.39. The Balaban J connectivity index is 1.66. The molecule has 31 heavy (non-hydrogen) atoms. The van der Waals surface area contributed by atoms with Crippen molar-refractivity contribution in [3.05, 3.63) is 72.5 Å². The fourth-order valence-electron chi connectivity index (χ4n) is 3.68. The number of carbonyl (C=O) groups is 1. The van der Waals surface area contributed by atoms with Crippen molar-refractivity contribution >= 4 is 49.2 Å². The van der Waals surface area contributed by atoms with E-state index in [4.69, 9.17) is 4.42 Å². The van der Waals surface area contributed by atoms with Gasteiger partial charge in [0.05, 0.1) is 11.9 Å². The molecular weight excluding hydrogens is 419 g/mol. The number of amides is 1. The van der Waals surface area contributed by atoms with Gasteiger partial charge in [-0.15, -0.1) is 0 Å². The highest BCUT2D eigenvalue weighted by Gasteiger charge is 2.31. The molecule has 0 fully saturated rings. The molecule has 0 aliphatic carbocycles. The molecule has 0 saturated carbocycles. The topological polar surface area (TPSA) is 79.6 Å². The van der Waals surface area contributed by atoms with Crippen molar-refractivity contribution in [3.8, 4) is 0 Å². The number of hydrogen-bond donors (Lipinski definition) is 1. The lowest BCUT2D eigenvalue weighted by Crippen LogP contribution is -2.47. The van der Waals surface area contributed by atoms with Crippen molar-refractivity contribution in [2.24, 2.45) is 0 Å². The van der Waals surface area contributed by atoms with E-state index < -0.39 is 27.8 Å². The zero-order valence-corrected chi connectivity index (χ0v) is 17.8. The second kappa shape index (κ2) is 8.03. The van der Waals surface area contributed by atoms with Crippen LogP contribution in [-0.2, 0) is 14.8 Å². The van der Waals surface area contributed by atoms with E-state index in [2.05, 4.69) is 5.32 Å². The van der Waals surface area contributed by atoms with Gasteiger partial charge in [0.2, 0.25) is 15.9 Å². The summed E-state index contributed by atoms with van der Waals surface area (Å²) in [6.45, 7) is 1.72. The lowest BCUT2D eigenvalue weighted by Gasteiger charge is -2.30. The Labute approximate surface area is 179 Å². The van der Waals surface area contributed by atoms with E-state index in [0.29, 0.717) is 11.3 Å². The van der Waals surface area contributed by atoms with Gasteiger partial charge in [0.1, 0.15) is 23.0 Å². The third-order valence-corrected chi connectivity index (χ3v) is 6.24. The summed E-state index contributed by atoms with van der Waals surface area (Å²) >= 11 is 0. The minimum absolute atomic E-state index is 0.221. The average Bonchev–Trinajstić information content (AvgIpc) is 3.09. The van der Waals surface area contributed by atoms with Gasteiger partial charge in [0, 0.05) is 22.5 Å². The van der Waals surface area contributed by atoms with Gasteiger partial charge < -0.3 is 9.73 Å². The molecule has 4 rings (SSSR count). The lowest BCUT2D eigenvalue weighted by atomic mass is 10.1. The molecule has 3 aromatic carbocycles. The van der Waals surface area contributed by atoms with Crippen LogP contribution in [0.1, 0.15) is 13.3 Å². The summed E-state index contributed by atoms with van der Waals surface area (Å²) in [5, 5.41) is 4.68. The van der Waals surface area contributed by atoms with Gasteiger partial charge in [0.15, 0.2) is 0 Å². The fraction of sp³-hybridized carbons (Fsp3) is 0.174. The fourth-order valence-corrected chi connectivity index (χ4v) is 4.89. The Kier molecular flexibility index (Phi) is 5.41. The molecule has 1 amide bonds. The number of sulfonamides is 1. The lowest BCUT2D eigenvalue weighted by molar-refractivity contribution is -0.117. The molecule has 1 heterocycles. The first-order valence-electron chi connectivity index (χ1n) is 9.75. The van der Waals surface area contributed by atoms with Crippen molar-refractivity contribution in [2.45, 2.75) is 19.4 Å². The van der Waals surface area contributed by atoms with Gasteiger partial charge in [-0.3, -0.25) is 9.10 Å². The number of nitrogens with zero attached hydrogens (tertiary/aromatic N) is 1. The smallest absolute Gasteiger partial charge is 0.248 e. The molecule has 0 aliphatic rings. The van der Waals surface area contributed by atoms with Crippen LogP contribution in [0, 0.1) is 5.82 Å². The molecule has 0 saturated heterocycles. The van der Waals surface area contributed by atoms with Gasteiger partial charge in [-0.25, -0.2) is 12.8 Å². The van der Waals surface area contributed by atoms with Gasteiger partial charge in [-0.05, 0) is 48.9 Å². The molecule has 0 aliphatic heterocycles. The number of rotatable bonds is 6. The van der Waals surface area contributed by atoms with E-state index in [1.807, 2.05) is 30.3 Å². The molecule has 0 bridgehead atoms. The molecule has 1 atom stereocenters. The molecule has 1 N–H and O–H groups in total. The molecule has 0 radical (unpaired) electrons. The number of carbonyl (C=O) groups excluding carboxylic acids is 1. The van der Waals surface area contributed by atoms with E-state index in [0.717, 1.165) is 39.0 Å². The Bertz CT molecular complexity index is 1360. The third kappa shape index (κ3) is 4.11. The molecule has 1 aromatic heterocycles. The first-order chi connectivity index (χ1) is 14.8. The van der Waals surface area contributed by atoms with Crippen LogP contribution in [0.2, 0.25) is 0 Å². The molecule has 1 unspecified atom stereocenters. The van der Waals surface area contributed by atoms with Crippen molar-refractivity contribution in [3.63, 3.8) is 0 Å². The number of furan rings is 1. The summed E-state index contributed by atoms with van der Waals surface area (Å²) in [7, 11) is -3.80. The summed E-state index contributed by atoms with van der Waals surface area (Å²) in [5.74, 6) is -0.985. The van der Waals surface area contributed by atoms with Crippen LogP contribution in [0.5, 0.6) is 0 Å². The SMILES string of the molecule is CCC(C(=O)Nc1ccc2c(c1)oc1ccccc12)N(c1ccc(F)cc1)S(C)(=O)=O. The van der Waals surface area contributed by atoms with Crippen LogP contribution in [0.4, 0.5) is 15.8 Å². The third-order valence-electron chi connectivity index (χ3n) is 5.06. The number of anilines is 2. The zero-order valence-electron chi connectivity index (χ0n) is 17.0. The first kappa shape index (κ1) is 20.9. The van der Waals surface area contributed by atoms with Gasteiger partial charge >= 0.3 is 0 Å². The Morgan fingerprint density at radius 1 is 1.03 bits per heavy atom. The van der Waals surface area contributed by atoms with Gasteiger partial charge in [-0.1, -0.05) is 25.1 Å². The summed E-state index contributed by atoms with van der Waals surface area (Å²) in [6, 6.07) is 16.9. The summed E-state index contributed by atoms with van der Waals surface area (Å²) in [6.07, 6.45) is 1.25. The quantitative estimate of drug-likeness (QED) is 0.462. The van der Waals surface area contributed by atoms with Crippen molar-refractivity contribution in [1.82, 2.24) is 0 Å². The van der Waals surface area contributed by atoms with Crippen LogP contribution in [0.15, 0.2) is 71.1 Å². The van der Waals surface area contributed by atoms with E-state index in [1.54, 1.807) is 19.1 Å². The Morgan fingerprint density at radius 2 is 1.71 bits per heavy atom. The number of benzene rings is 3. The van der Waals surface area contributed by atoms with E-state index in [1.165, 1.54) is 12.1 Å². The van der Waals surface area contributed by atoms with Crippen molar-refractivity contribution < 1.29 is 22.0 Å².